The third-order valence-corrected chi connectivity index (χ3v) is 7.95. The van der Waals surface area contributed by atoms with E-state index in [1.165, 1.54) is 12.1 Å². The van der Waals surface area contributed by atoms with Crippen LogP contribution in [0.2, 0.25) is 0 Å². The lowest BCUT2D eigenvalue weighted by Crippen LogP contribution is -2.70. The normalized spacial score (nSPS) is 43.7. The molecule has 1 aliphatic carbocycles. The van der Waals surface area contributed by atoms with Gasteiger partial charge in [-0.15, -0.1) is 0 Å². The first kappa shape index (κ1) is 21.2. The van der Waals surface area contributed by atoms with Crippen LogP contribution in [-0.2, 0) is 24.0 Å². The van der Waals surface area contributed by atoms with Crippen LogP contribution in [0.3, 0.4) is 0 Å². The van der Waals surface area contributed by atoms with Crippen LogP contribution in [-0.4, -0.2) is 34.7 Å². The Labute approximate surface area is 181 Å². The van der Waals surface area contributed by atoms with Gasteiger partial charge in [-0.1, -0.05) is 13.8 Å². The number of halogens is 1. The van der Waals surface area contributed by atoms with Crippen LogP contribution in [0, 0.1) is 29.5 Å². The van der Waals surface area contributed by atoms with Crippen molar-refractivity contribution in [3.8, 4) is 0 Å². The topological polar surface area (TPSA) is 78.9 Å². The summed E-state index contributed by atoms with van der Waals surface area (Å²) in [5.74, 6) is 0.252. The fraction of sp³-hybridized carbons (Fsp3) is 0.739. The van der Waals surface area contributed by atoms with Crippen LogP contribution < -0.4 is 5.32 Å². The van der Waals surface area contributed by atoms with Gasteiger partial charge in [-0.05, 0) is 62.5 Å². The summed E-state index contributed by atoms with van der Waals surface area (Å²) >= 11 is 0. The number of nitrogens with zero attached hydrogens (tertiary/aromatic N) is 1. The SMILES string of the molecule is C[C@H]1[C@@H](CCC(=O)Nc2ccc(F)cn2)O[C@@H]2O[C@]3(C)CC[C@H]4[C@H](C)CC[C@@H]1[C@@]24OO3. The second-order valence-corrected chi connectivity index (χ2v) is 9.89. The number of hydrogen-bond acceptors (Lipinski definition) is 6. The Morgan fingerprint density at radius 2 is 2.06 bits per heavy atom. The van der Waals surface area contributed by atoms with Crippen molar-refractivity contribution in [3.05, 3.63) is 24.1 Å². The highest BCUT2D eigenvalue weighted by atomic mass is 19.1. The van der Waals surface area contributed by atoms with Crippen LogP contribution in [0.4, 0.5) is 10.2 Å². The molecule has 1 aromatic rings. The number of anilines is 1. The van der Waals surface area contributed by atoms with Crippen molar-refractivity contribution in [2.24, 2.45) is 23.7 Å². The summed E-state index contributed by atoms with van der Waals surface area (Å²) in [5, 5.41) is 2.72. The van der Waals surface area contributed by atoms with E-state index in [0.717, 1.165) is 31.9 Å². The van der Waals surface area contributed by atoms with E-state index in [4.69, 9.17) is 19.2 Å². The number of carbonyl (C=O) groups is 1. The van der Waals surface area contributed by atoms with Gasteiger partial charge in [-0.25, -0.2) is 19.1 Å². The van der Waals surface area contributed by atoms with E-state index in [9.17, 15) is 9.18 Å². The summed E-state index contributed by atoms with van der Waals surface area (Å²) in [6.45, 7) is 6.40. The molecule has 5 heterocycles. The van der Waals surface area contributed by atoms with Crippen LogP contribution in [0.1, 0.15) is 59.3 Å². The highest BCUT2D eigenvalue weighted by Crippen LogP contribution is 2.60. The fourth-order valence-corrected chi connectivity index (χ4v) is 6.24. The molecular formula is C23H31FN2O5. The second-order valence-electron chi connectivity index (χ2n) is 9.89. The van der Waals surface area contributed by atoms with E-state index in [1.54, 1.807) is 0 Å². The average molecular weight is 435 g/mol. The van der Waals surface area contributed by atoms with Gasteiger partial charge >= 0.3 is 0 Å². The highest BCUT2D eigenvalue weighted by molar-refractivity contribution is 5.89. The van der Waals surface area contributed by atoms with Gasteiger partial charge in [-0.3, -0.25) is 4.79 Å². The first-order chi connectivity index (χ1) is 14.8. The maximum absolute atomic E-state index is 13.0. The van der Waals surface area contributed by atoms with Crippen molar-refractivity contribution in [2.45, 2.75) is 83.1 Å². The largest absolute Gasteiger partial charge is 0.346 e. The van der Waals surface area contributed by atoms with Gasteiger partial charge in [0.2, 0.25) is 11.7 Å². The smallest absolute Gasteiger partial charge is 0.225 e. The Bertz CT molecular complexity index is 838. The molecule has 5 aliphatic rings. The second kappa shape index (κ2) is 7.76. The van der Waals surface area contributed by atoms with Gasteiger partial charge in [0.15, 0.2) is 11.9 Å². The average Bonchev–Trinajstić information content (AvgIpc) is 2.97. The van der Waals surface area contributed by atoms with E-state index in [-0.39, 0.29) is 30.3 Å². The van der Waals surface area contributed by atoms with Crippen molar-refractivity contribution in [3.63, 3.8) is 0 Å². The Hall–Kier alpha value is -1.61. The minimum atomic E-state index is -0.797. The Morgan fingerprint density at radius 3 is 2.84 bits per heavy atom. The zero-order valence-electron chi connectivity index (χ0n) is 18.3. The van der Waals surface area contributed by atoms with Crippen LogP contribution >= 0.6 is 0 Å². The number of pyridine rings is 1. The Morgan fingerprint density at radius 1 is 1.23 bits per heavy atom. The van der Waals surface area contributed by atoms with Gasteiger partial charge in [0, 0.05) is 18.8 Å². The molecule has 2 bridgehead atoms. The van der Waals surface area contributed by atoms with E-state index in [2.05, 4.69) is 24.1 Å². The molecule has 7 nitrogen and oxygen atoms in total. The zero-order chi connectivity index (χ0) is 21.8. The Balaban J connectivity index is 1.30. The third-order valence-electron chi connectivity index (χ3n) is 7.95. The molecule has 1 N–H and O–H groups in total. The highest BCUT2D eigenvalue weighted by Gasteiger charge is 2.69. The van der Waals surface area contributed by atoms with Crippen molar-refractivity contribution in [1.82, 2.24) is 4.98 Å². The molecule has 0 aromatic carbocycles. The van der Waals surface area contributed by atoms with Gasteiger partial charge in [-0.2, -0.15) is 0 Å². The number of amides is 1. The lowest BCUT2D eigenvalue weighted by molar-refractivity contribution is -0.571. The minimum absolute atomic E-state index is 0.117. The van der Waals surface area contributed by atoms with Crippen LogP contribution in [0.15, 0.2) is 18.3 Å². The summed E-state index contributed by atoms with van der Waals surface area (Å²) in [6, 6.07) is 2.73. The van der Waals surface area contributed by atoms with Crippen molar-refractivity contribution >= 4 is 11.7 Å². The summed E-state index contributed by atoms with van der Waals surface area (Å²) in [7, 11) is 0. The van der Waals surface area contributed by atoms with E-state index in [0.29, 0.717) is 24.1 Å². The molecule has 8 atom stereocenters. The molecule has 4 aliphatic heterocycles. The number of nitrogens with one attached hydrogen (secondary N) is 1. The van der Waals surface area contributed by atoms with E-state index >= 15 is 0 Å². The van der Waals surface area contributed by atoms with Gasteiger partial charge in [0.05, 0.1) is 12.3 Å². The molecule has 170 valence electrons. The molecule has 4 saturated heterocycles. The van der Waals surface area contributed by atoms with Gasteiger partial charge in [0.25, 0.3) is 0 Å². The maximum atomic E-state index is 13.0. The molecule has 1 aromatic heterocycles. The number of aromatic nitrogens is 1. The maximum Gasteiger partial charge on any atom is 0.225 e. The van der Waals surface area contributed by atoms with Crippen molar-refractivity contribution in [2.75, 3.05) is 5.32 Å². The molecule has 1 amide bonds. The number of ether oxygens (including phenoxy) is 2. The number of hydrogen-bond donors (Lipinski definition) is 1. The summed E-state index contributed by atoms with van der Waals surface area (Å²) in [6.07, 6.45) is 5.29. The molecular weight excluding hydrogens is 403 g/mol. The van der Waals surface area contributed by atoms with Gasteiger partial charge in [0.1, 0.15) is 11.6 Å². The summed E-state index contributed by atoms with van der Waals surface area (Å²) in [4.78, 5) is 28.3. The third kappa shape index (κ3) is 3.57. The molecule has 0 radical (unpaired) electrons. The minimum Gasteiger partial charge on any atom is -0.346 e. The monoisotopic (exact) mass is 434 g/mol. The first-order valence-electron chi connectivity index (χ1n) is 11.4. The van der Waals surface area contributed by atoms with E-state index < -0.39 is 23.5 Å². The van der Waals surface area contributed by atoms with Crippen LogP contribution in [0.5, 0.6) is 0 Å². The molecule has 5 fully saturated rings. The number of carbonyl (C=O) groups excluding carboxylic acids is 1. The zero-order valence-corrected chi connectivity index (χ0v) is 18.3. The summed E-state index contributed by atoms with van der Waals surface area (Å²) in [5.41, 5.74) is -0.579. The summed E-state index contributed by atoms with van der Waals surface area (Å²) < 4.78 is 25.9. The lowest BCUT2D eigenvalue weighted by atomic mass is 9.57. The molecule has 0 unspecified atom stereocenters. The van der Waals surface area contributed by atoms with Crippen LogP contribution in [0.25, 0.3) is 0 Å². The number of fused-ring (bicyclic) bond motifs is 2. The molecule has 8 heteroatoms. The predicted molar refractivity (Wildman–Crippen MR) is 109 cm³/mol. The molecule has 1 spiro atoms. The van der Waals surface area contributed by atoms with Gasteiger partial charge < -0.3 is 14.8 Å². The molecule has 1 saturated carbocycles. The predicted octanol–water partition coefficient (Wildman–Crippen LogP) is 4.19. The lowest BCUT2D eigenvalue weighted by Gasteiger charge is -2.60. The Kier molecular flexibility index (Phi) is 5.32. The van der Waals surface area contributed by atoms with Crippen molar-refractivity contribution in [1.29, 1.82) is 0 Å². The number of rotatable bonds is 4. The van der Waals surface area contributed by atoms with Crippen molar-refractivity contribution < 1.29 is 28.4 Å². The van der Waals surface area contributed by atoms with E-state index in [1.807, 2.05) is 6.92 Å². The molecule has 6 rings (SSSR count). The fourth-order valence-electron chi connectivity index (χ4n) is 6.24. The quantitative estimate of drug-likeness (QED) is 0.716. The molecule has 31 heavy (non-hydrogen) atoms. The standard InChI is InChI=1S/C23H31FN2O5/c1-13-4-6-17-14(2)18(7-9-20(27)26-19-8-5-15(24)12-25-19)28-21-23(17)16(13)10-11-22(3,29-21)30-31-23/h5,8,12-14,16-18,21H,4,6-7,9-11H2,1-3H3,(H,25,26,27)/t13-,14-,16+,17+,18-,21-,22+,23-/m1/s1. The first-order valence-corrected chi connectivity index (χ1v) is 11.4.